The molecule has 0 unspecified atom stereocenters. The maximum Gasteiger partial charge on any atom is 0.273 e. The first-order valence-electron chi connectivity index (χ1n) is 13.7. The molecule has 0 bridgehead atoms. The van der Waals surface area contributed by atoms with Gasteiger partial charge >= 0.3 is 0 Å². The average Bonchev–Trinajstić information content (AvgIpc) is 3.73. The van der Waals surface area contributed by atoms with E-state index in [4.69, 9.17) is 8.85 Å². The van der Waals surface area contributed by atoms with Crippen molar-refractivity contribution in [3.8, 4) is 17.1 Å². The highest BCUT2D eigenvalue weighted by Crippen LogP contribution is 2.34. The SMILES string of the molecule is [2H]C([2H])([2H])NC(=O)c1nnc(NC(=O)C2CC2)cc1Nc1cccc(C(=O)Nc2ccc(-c3ncn(C)n3)cc2)c1OC. The number of aromatic nitrogens is 5. The molecular formula is C27H27N9O4. The van der Waals surface area contributed by atoms with Gasteiger partial charge in [0.2, 0.25) is 5.91 Å². The summed E-state index contributed by atoms with van der Waals surface area (Å²) in [6.07, 6.45) is 3.12. The normalized spacial score (nSPS) is 13.8. The quantitative estimate of drug-likeness (QED) is 0.248. The van der Waals surface area contributed by atoms with Crippen molar-refractivity contribution in [3.63, 3.8) is 0 Å². The van der Waals surface area contributed by atoms with E-state index in [-0.39, 0.29) is 46.0 Å². The van der Waals surface area contributed by atoms with E-state index in [1.54, 1.807) is 60.5 Å². The van der Waals surface area contributed by atoms with Crippen molar-refractivity contribution >= 4 is 40.6 Å². The summed E-state index contributed by atoms with van der Waals surface area (Å²) in [5, 5.41) is 22.3. The van der Waals surface area contributed by atoms with E-state index in [0.717, 1.165) is 18.4 Å². The van der Waals surface area contributed by atoms with E-state index >= 15 is 0 Å². The van der Waals surface area contributed by atoms with Gasteiger partial charge in [-0.1, -0.05) is 6.07 Å². The summed E-state index contributed by atoms with van der Waals surface area (Å²) in [5.74, 6) is -1.11. The van der Waals surface area contributed by atoms with Crippen molar-refractivity contribution in [2.45, 2.75) is 12.8 Å². The maximum absolute atomic E-state index is 13.3. The first kappa shape index (κ1) is 22.6. The van der Waals surface area contributed by atoms with Crippen molar-refractivity contribution in [2.75, 3.05) is 30.0 Å². The third-order valence-electron chi connectivity index (χ3n) is 6.06. The lowest BCUT2D eigenvalue weighted by molar-refractivity contribution is -0.117. The van der Waals surface area contributed by atoms with Crippen LogP contribution in [0.5, 0.6) is 5.75 Å². The van der Waals surface area contributed by atoms with Gasteiger partial charge in [-0.15, -0.1) is 10.2 Å². The first-order valence-corrected chi connectivity index (χ1v) is 12.2. The molecule has 0 atom stereocenters. The molecule has 13 heteroatoms. The molecule has 13 nitrogen and oxygen atoms in total. The molecule has 0 spiro atoms. The van der Waals surface area contributed by atoms with E-state index in [9.17, 15) is 14.4 Å². The Bertz CT molecular complexity index is 1690. The van der Waals surface area contributed by atoms with E-state index < -0.39 is 18.8 Å². The van der Waals surface area contributed by atoms with Gasteiger partial charge in [-0.2, -0.15) is 5.10 Å². The number of aryl methyl sites for hydroxylation is 1. The molecule has 5 rings (SSSR count). The molecule has 0 radical (unpaired) electrons. The third-order valence-corrected chi connectivity index (χ3v) is 6.06. The van der Waals surface area contributed by atoms with Crippen molar-refractivity contribution in [2.24, 2.45) is 13.0 Å². The third kappa shape index (κ3) is 5.72. The number of para-hydroxylation sites is 1. The molecule has 2 aromatic heterocycles. The van der Waals surface area contributed by atoms with Crippen LogP contribution in [0, 0.1) is 5.92 Å². The molecule has 40 heavy (non-hydrogen) atoms. The number of hydrogen-bond acceptors (Lipinski definition) is 9. The van der Waals surface area contributed by atoms with Crippen LogP contribution in [0.2, 0.25) is 0 Å². The van der Waals surface area contributed by atoms with Gasteiger partial charge in [-0.05, 0) is 49.2 Å². The summed E-state index contributed by atoms with van der Waals surface area (Å²) in [7, 11) is 3.14. The summed E-state index contributed by atoms with van der Waals surface area (Å²) >= 11 is 0. The van der Waals surface area contributed by atoms with E-state index in [2.05, 4.69) is 36.2 Å². The van der Waals surface area contributed by atoms with Crippen LogP contribution in [-0.4, -0.2) is 56.8 Å². The Balaban J connectivity index is 1.41. The number of methoxy groups -OCH3 is 1. The fourth-order valence-corrected chi connectivity index (χ4v) is 3.90. The lowest BCUT2D eigenvalue weighted by Gasteiger charge is -2.17. The zero-order valence-electron chi connectivity index (χ0n) is 24.6. The lowest BCUT2D eigenvalue weighted by atomic mass is 10.1. The molecule has 4 aromatic rings. The smallest absolute Gasteiger partial charge is 0.273 e. The Hall–Kier alpha value is -5.33. The number of carbonyl (C=O) groups is 3. The minimum atomic E-state index is -2.78. The zero-order valence-corrected chi connectivity index (χ0v) is 21.6. The molecule has 1 aliphatic carbocycles. The average molecular weight is 545 g/mol. The van der Waals surface area contributed by atoms with Gasteiger partial charge in [0, 0.05) is 41.4 Å². The van der Waals surface area contributed by atoms with Gasteiger partial charge < -0.3 is 26.0 Å². The van der Waals surface area contributed by atoms with Crippen LogP contribution in [-0.2, 0) is 11.8 Å². The molecule has 0 aliphatic heterocycles. The topological polar surface area (TPSA) is 165 Å². The molecule has 0 saturated heterocycles. The molecule has 204 valence electrons. The van der Waals surface area contributed by atoms with Gasteiger partial charge in [-0.25, -0.2) is 4.98 Å². The van der Waals surface area contributed by atoms with Crippen LogP contribution in [0.15, 0.2) is 54.9 Å². The number of rotatable bonds is 9. The number of ether oxygens (including phenoxy) is 1. The zero-order chi connectivity index (χ0) is 30.7. The van der Waals surface area contributed by atoms with Crippen LogP contribution >= 0.6 is 0 Å². The van der Waals surface area contributed by atoms with E-state index in [0.29, 0.717) is 11.5 Å². The summed E-state index contributed by atoms with van der Waals surface area (Å²) < 4.78 is 29.3. The molecule has 3 amide bonds. The second-order valence-electron chi connectivity index (χ2n) is 8.99. The molecule has 1 aliphatic rings. The van der Waals surface area contributed by atoms with E-state index in [1.807, 2.05) is 5.32 Å². The molecule has 1 saturated carbocycles. The van der Waals surface area contributed by atoms with E-state index in [1.165, 1.54) is 13.2 Å². The Morgan fingerprint density at radius 1 is 1.02 bits per heavy atom. The Morgan fingerprint density at radius 3 is 2.50 bits per heavy atom. The summed E-state index contributed by atoms with van der Waals surface area (Å²) in [5.41, 5.74) is 1.41. The lowest BCUT2D eigenvalue weighted by Crippen LogP contribution is -2.22. The van der Waals surface area contributed by atoms with Crippen molar-refractivity contribution in [1.82, 2.24) is 30.3 Å². The number of nitrogens with zero attached hydrogens (tertiary/aromatic N) is 5. The highest BCUT2D eigenvalue weighted by Gasteiger charge is 2.30. The number of nitrogens with one attached hydrogen (secondary N) is 4. The summed E-state index contributed by atoms with van der Waals surface area (Å²) in [6, 6.07) is 13.1. The largest absolute Gasteiger partial charge is 0.494 e. The second-order valence-corrected chi connectivity index (χ2v) is 8.99. The maximum atomic E-state index is 13.3. The number of carbonyl (C=O) groups excluding carboxylic acids is 3. The predicted octanol–water partition coefficient (Wildman–Crippen LogP) is 2.98. The number of benzene rings is 2. The number of hydrogen-bond donors (Lipinski definition) is 4. The summed E-state index contributed by atoms with van der Waals surface area (Å²) in [4.78, 5) is 42.6. The van der Waals surface area contributed by atoms with Crippen molar-refractivity contribution in [3.05, 3.63) is 66.1 Å². The highest BCUT2D eigenvalue weighted by molar-refractivity contribution is 6.08. The van der Waals surface area contributed by atoms with Crippen LogP contribution in [0.3, 0.4) is 0 Å². The monoisotopic (exact) mass is 544 g/mol. The van der Waals surface area contributed by atoms with Gasteiger partial charge in [0.15, 0.2) is 23.1 Å². The van der Waals surface area contributed by atoms with Gasteiger partial charge in [0.05, 0.1) is 24.0 Å². The Labute approximate surface area is 233 Å². The minimum absolute atomic E-state index is 0.0254. The minimum Gasteiger partial charge on any atom is -0.494 e. The first-order chi connectivity index (χ1) is 20.5. The van der Waals surface area contributed by atoms with Crippen molar-refractivity contribution in [1.29, 1.82) is 0 Å². The van der Waals surface area contributed by atoms with Crippen LogP contribution in [0.25, 0.3) is 11.4 Å². The van der Waals surface area contributed by atoms with Gasteiger partial charge in [0.1, 0.15) is 6.33 Å². The van der Waals surface area contributed by atoms with Crippen molar-refractivity contribution < 1.29 is 23.2 Å². The van der Waals surface area contributed by atoms with Crippen LogP contribution in [0.4, 0.5) is 22.9 Å². The van der Waals surface area contributed by atoms with Gasteiger partial charge in [-0.3, -0.25) is 19.1 Å². The van der Waals surface area contributed by atoms with Crippen LogP contribution < -0.4 is 26.0 Å². The fourth-order valence-electron chi connectivity index (χ4n) is 3.90. The van der Waals surface area contributed by atoms with Gasteiger partial charge in [0.25, 0.3) is 11.8 Å². The predicted molar refractivity (Wildman–Crippen MR) is 147 cm³/mol. The molecule has 2 heterocycles. The molecule has 4 N–H and O–H groups in total. The summed E-state index contributed by atoms with van der Waals surface area (Å²) in [6.45, 7) is -2.78. The highest BCUT2D eigenvalue weighted by atomic mass is 16.5. The molecule has 2 aromatic carbocycles. The number of anilines is 4. The number of amides is 3. The Morgan fingerprint density at radius 2 is 1.82 bits per heavy atom. The molecule has 1 fully saturated rings. The van der Waals surface area contributed by atoms with Crippen LogP contribution in [0.1, 0.15) is 37.8 Å². The standard InChI is InChI=1S/C27H27N9O4/c1-28-27(39)22-20(13-21(33-34-22)32-25(37)16-7-8-16)31-19-6-4-5-18(23(19)40-3)26(38)30-17-11-9-15(10-12-17)24-29-14-36(2)35-24/h4-6,9-14,16H,7-8H2,1-3H3,(H,28,39)(H,30,38)(H2,31,32,33,37)/i1D3. The fraction of sp³-hybridized carbons (Fsp3) is 0.222. The molecular weight excluding hydrogens is 514 g/mol. The Kier molecular flexibility index (Phi) is 6.33. The second kappa shape index (κ2) is 11.2.